The van der Waals surface area contributed by atoms with E-state index in [-0.39, 0.29) is 16.9 Å². The van der Waals surface area contributed by atoms with Gasteiger partial charge in [-0.2, -0.15) is 0 Å². The predicted octanol–water partition coefficient (Wildman–Crippen LogP) is 5.73. The standard InChI is InChI=1S/C28H29ClN4O3/c1-16(2)14-18-12-13-20-19(15-18)8-7-9-21-25(31-36-26(20)21)27(34)30-24-17(3)32(4)33(28(24)35)23-11-6-5-10-22(23)29/h5-6,10-13,15-16H,7-9,14H2,1-4H3,(H,30,34). The number of halogens is 1. The van der Waals surface area contributed by atoms with Crippen LogP contribution in [0.3, 0.4) is 0 Å². The van der Waals surface area contributed by atoms with E-state index in [1.165, 1.54) is 15.8 Å². The summed E-state index contributed by atoms with van der Waals surface area (Å²) in [7, 11) is 1.75. The molecule has 5 rings (SSSR count). The first-order chi connectivity index (χ1) is 17.3. The Morgan fingerprint density at radius 2 is 1.97 bits per heavy atom. The van der Waals surface area contributed by atoms with Gasteiger partial charge in [-0.05, 0) is 61.8 Å². The first-order valence-electron chi connectivity index (χ1n) is 12.2. The van der Waals surface area contributed by atoms with Gasteiger partial charge in [0.1, 0.15) is 5.69 Å². The molecule has 2 aromatic heterocycles. The number of rotatable bonds is 5. The summed E-state index contributed by atoms with van der Waals surface area (Å²) in [5, 5.41) is 7.38. The molecule has 7 nitrogen and oxygen atoms in total. The molecule has 1 amide bonds. The van der Waals surface area contributed by atoms with E-state index >= 15 is 0 Å². The first-order valence-corrected chi connectivity index (χ1v) is 12.6. The lowest BCUT2D eigenvalue weighted by atomic mass is 9.95. The van der Waals surface area contributed by atoms with Crippen molar-refractivity contribution in [3.63, 3.8) is 0 Å². The largest absolute Gasteiger partial charge is 0.355 e. The lowest BCUT2D eigenvalue weighted by Gasteiger charge is -2.10. The quantitative estimate of drug-likeness (QED) is 0.376. The summed E-state index contributed by atoms with van der Waals surface area (Å²) >= 11 is 6.34. The van der Waals surface area contributed by atoms with Gasteiger partial charge in [-0.3, -0.25) is 14.3 Å². The Balaban J connectivity index is 1.49. The van der Waals surface area contributed by atoms with Gasteiger partial charge >= 0.3 is 0 Å². The molecule has 2 aromatic carbocycles. The molecule has 36 heavy (non-hydrogen) atoms. The zero-order chi connectivity index (χ0) is 25.6. The van der Waals surface area contributed by atoms with Crippen LogP contribution in [0.4, 0.5) is 5.69 Å². The van der Waals surface area contributed by atoms with Crippen LogP contribution in [0.25, 0.3) is 17.0 Å². The van der Waals surface area contributed by atoms with Crippen molar-refractivity contribution in [2.45, 2.75) is 46.5 Å². The van der Waals surface area contributed by atoms with Gasteiger partial charge in [0.05, 0.1) is 16.4 Å². The molecular formula is C28H29ClN4O3. The average molecular weight is 505 g/mol. The third-order valence-electron chi connectivity index (χ3n) is 6.81. The van der Waals surface area contributed by atoms with E-state index in [4.69, 9.17) is 16.1 Å². The highest BCUT2D eigenvalue weighted by atomic mass is 35.5. The summed E-state index contributed by atoms with van der Waals surface area (Å²) < 4.78 is 8.85. The number of carbonyl (C=O) groups excluding carboxylic acids is 1. The maximum atomic E-state index is 13.4. The summed E-state index contributed by atoms with van der Waals surface area (Å²) in [6.45, 7) is 6.20. The molecular weight excluding hydrogens is 476 g/mol. The highest BCUT2D eigenvalue weighted by Gasteiger charge is 2.28. The second kappa shape index (κ2) is 9.47. The summed E-state index contributed by atoms with van der Waals surface area (Å²) in [5.74, 6) is 0.757. The highest BCUT2D eigenvalue weighted by Crippen LogP contribution is 2.35. The molecule has 0 atom stereocenters. The minimum atomic E-state index is -0.461. The number of nitrogens with zero attached hydrogens (tertiary/aromatic N) is 3. The molecule has 0 saturated heterocycles. The van der Waals surface area contributed by atoms with Gasteiger partial charge in [-0.1, -0.05) is 60.9 Å². The number of carbonyl (C=O) groups is 1. The number of hydrogen-bond donors (Lipinski definition) is 1. The third kappa shape index (κ3) is 4.17. The number of aromatic nitrogens is 3. The Bertz CT molecular complexity index is 1530. The summed E-state index contributed by atoms with van der Waals surface area (Å²) in [6.07, 6.45) is 3.49. The number of benzene rings is 2. The highest BCUT2D eigenvalue weighted by molar-refractivity contribution is 6.32. The molecule has 0 fully saturated rings. The normalized spacial score (nSPS) is 12.8. The van der Waals surface area contributed by atoms with Crippen molar-refractivity contribution in [1.82, 2.24) is 14.5 Å². The summed E-state index contributed by atoms with van der Waals surface area (Å²) in [5.41, 5.74) is 5.47. The van der Waals surface area contributed by atoms with Crippen molar-refractivity contribution in [2.24, 2.45) is 13.0 Å². The molecule has 1 aliphatic carbocycles. The molecule has 0 bridgehead atoms. The maximum absolute atomic E-state index is 13.4. The van der Waals surface area contributed by atoms with E-state index in [1.54, 1.807) is 36.9 Å². The zero-order valence-corrected chi connectivity index (χ0v) is 21.6. The van der Waals surface area contributed by atoms with Crippen LogP contribution in [0.1, 0.15) is 53.1 Å². The van der Waals surface area contributed by atoms with Crippen LogP contribution in [0.15, 0.2) is 51.8 Å². The minimum Gasteiger partial charge on any atom is -0.355 e. The number of hydrogen-bond acceptors (Lipinski definition) is 4. The number of aryl methyl sites for hydroxylation is 1. The average Bonchev–Trinajstić information content (AvgIpc) is 3.27. The maximum Gasteiger partial charge on any atom is 0.295 e. The molecule has 8 heteroatoms. The van der Waals surface area contributed by atoms with Crippen LogP contribution in [0.5, 0.6) is 0 Å². The number of para-hydroxylation sites is 1. The number of nitrogens with one attached hydrogen (secondary N) is 1. The Morgan fingerprint density at radius 1 is 1.19 bits per heavy atom. The Kier molecular flexibility index (Phi) is 6.35. The fourth-order valence-corrected chi connectivity index (χ4v) is 5.20. The number of amides is 1. The van der Waals surface area contributed by atoms with E-state index < -0.39 is 5.91 Å². The topological polar surface area (TPSA) is 82.1 Å². The third-order valence-corrected chi connectivity index (χ3v) is 7.13. The van der Waals surface area contributed by atoms with Crippen molar-refractivity contribution in [1.29, 1.82) is 0 Å². The molecule has 1 aliphatic rings. The van der Waals surface area contributed by atoms with Crippen LogP contribution in [-0.2, 0) is 26.3 Å². The molecule has 1 N–H and O–H groups in total. The van der Waals surface area contributed by atoms with Gasteiger partial charge in [-0.15, -0.1) is 0 Å². The van der Waals surface area contributed by atoms with Crippen LogP contribution >= 0.6 is 11.6 Å². The monoisotopic (exact) mass is 504 g/mol. The van der Waals surface area contributed by atoms with Gasteiger partial charge in [0.15, 0.2) is 11.5 Å². The summed E-state index contributed by atoms with van der Waals surface area (Å²) in [6, 6.07) is 13.5. The van der Waals surface area contributed by atoms with E-state index in [2.05, 4.69) is 42.5 Å². The van der Waals surface area contributed by atoms with Crippen molar-refractivity contribution in [3.8, 4) is 17.0 Å². The molecule has 186 valence electrons. The smallest absolute Gasteiger partial charge is 0.295 e. The number of anilines is 1. The van der Waals surface area contributed by atoms with Gasteiger partial charge in [0, 0.05) is 18.2 Å². The van der Waals surface area contributed by atoms with Crippen LogP contribution < -0.4 is 10.9 Å². The van der Waals surface area contributed by atoms with Gasteiger partial charge in [0.2, 0.25) is 0 Å². The van der Waals surface area contributed by atoms with Crippen LogP contribution in [0.2, 0.25) is 5.02 Å². The first kappa shape index (κ1) is 24.1. The van der Waals surface area contributed by atoms with E-state index in [0.29, 0.717) is 34.5 Å². The van der Waals surface area contributed by atoms with E-state index in [0.717, 1.165) is 30.4 Å². The summed E-state index contributed by atoms with van der Waals surface area (Å²) in [4.78, 5) is 26.7. The fraction of sp³-hybridized carbons (Fsp3) is 0.321. The molecule has 0 radical (unpaired) electrons. The van der Waals surface area contributed by atoms with Crippen molar-refractivity contribution in [3.05, 3.63) is 85.9 Å². The lowest BCUT2D eigenvalue weighted by molar-refractivity contribution is 0.101. The van der Waals surface area contributed by atoms with E-state index in [9.17, 15) is 9.59 Å². The molecule has 0 spiro atoms. The van der Waals surface area contributed by atoms with Crippen LogP contribution in [0, 0.1) is 12.8 Å². The molecule has 0 aliphatic heterocycles. The Labute approximate surface area is 214 Å². The van der Waals surface area contributed by atoms with E-state index in [1.807, 2.05) is 6.07 Å². The van der Waals surface area contributed by atoms with Gasteiger partial charge in [-0.25, -0.2) is 4.68 Å². The second-order valence-corrected chi connectivity index (χ2v) is 10.2. The number of fused-ring (bicyclic) bond motifs is 3. The van der Waals surface area contributed by atoms with Crippen molar-refractivity contribution in [2.75, 3.05) is 5.32 Å². The van der Waals surface area contributed by atoms with Crippen molar-refractivity contribution < 1.29 is 9.32 Å². The Hall–Kier alpha value is -3.58. The predicted molar refractivity (Wildman–Crippen MR) is 141 cm³/mol. The molecule has 2 heterocycles. The molecule has 4 aromatic rings. The molecule has 0 saturated carbocycles. The van der Waals surface area contributed by atoms with Gasteiger partial charge in [0.25, 0.3) is 11.5 Å². The fourth-order valence-electron chi connectivity index (χ4n) is 4.98. The van der Waals surface area contributed by atoms with Crippen LogP contribution in [-0.4, -0.2) is 20.4 Å². The SMILES string of the molecule is Cc1c(NC(=O)c2noc3c2CCCc2cc(CC(C)C)ccc2-3)c(=O)n(-c2ccccc2Cl)n1C. The zero-order valence-electron chi connectivity index (χ0n) is 20.9. The Morgan fingerprint density at radius 3 is 2.72 bits per heavy atom. The second-order valence-electron chi connectivity index (χ2n) is 9.79. The van der Waals surface area contributed by atoms with Gasteiger partial charge < -0.3 is 9.84 Å². The minimum absolute atomic E-state index is 0.187. The van der Waals surface area contributed by atoms with Crippen molar-refractivity contribution >= 4 is 23.2 Å². The lowest BCUT2D eigenvalue weighted by Crippen LogP contribution is -2.23. The molecule has 0 unspecified atom stereocenters.